The van der Waals surface area contributed by atoms with Crippen molar-refractivity contribution in [3.05, 3.63) is 50.8 Å². The highest BCUT2D eigenvalue weighted by atomic mass is 31.1. The van der Waals surface area contributed by atoms with Crippen molar-refractivity contribution in [2.24, 2.45) is 0 Å². The van der Waals surface area contributed by atoms with Crippen molar-refractivity contribution in [3.8, 4) is 22.9 Å². The summed E-state index contributed by atoms with van der Waals surface area (Å²) in [6.07, 6.45) is 0.736. The molecule has 0 radical (unpaired) electrons. The third-order valence-electron chi connectivity index (χ3n) is 7.05. The number of carbonyl (C=O) groups excluding carboxylic acids is 1. The fourth-order valence-corrected chi connectivity index (χ4v) is 6.04. The Morgan fingerprint density at radius 3 is 2.54 bits per heavy atom. The van der Waals surface area contributed by atoms with Crippen molar-refractivity contribution in [1.82, 2.24) is 9.55 Å². The molecule has 10 nitrogen and oxygen atoms in total. The summed E-state index contributed by atoms with van der Waals surface area (Å²) in [5, 5.41) is 0.935. The van der Waals surface area contributed by atoms with E-state index in [1.165, 1.54) is 0 Å². The maximum absolute atomic E-state index is 13.6. The first-order chi connectivity index (χ1) is 16.9. The van der Waals surface area contributed by atoms with Crippen LogP contribution in [-0.2, 0) is 43.8 Å². The summed E-state index contributed by atoms with van der Waals surface area (Å²) in [6.45, 7) is 4.72. The molecule has 11 heteroatoms. The van der Waals surface area contributed by atoms with Crippen LogP contribution in [0.1, 0.15) is 42.5 Å². The fraction of sp³-hybridized carbons (Fsp3) is 0.375. The number of carbonyl (C=O) groups is 1. The summed E-state index contributed by atoms with van der Waals surface area (Å²) in [5.74, 6) is 0.503. The van der Waals surface area contributed by atoms with Gasteiger partial charge in [-0.15, -0.1) is 0 Å². The van der Waals surface area contributed by atoms with E-state index in [1.54, 1.807) is 17.6 Å². The molecule has 2 aromatic heterocycles. The molecular weight excluding hydrogens is 475 g/mol. The normalized spacial score (nSPS) is 20.7. The van der Waals surface area contributed by atoms with Crippen LogP contribution in [0.4, 0.5) is 0 Å². The van der Waals surface area contributed by atoms with Crippen molar-refractivity contribution in [2.75, 3.05) is 13.2 Å². The molecule has 2 atom stereocenters. The van der Waals surface area contributed by atoms with Crippen LogP contribution in [0.2, 0.25) is 0 Å². The van der Waals surface area contributed by atoms with Crippen molar-refractivity contribution in [2.45, 2.75) is 45.4 Å². The number of hydrogen-bond acceptors (Lipinski definition) is 8. The van der Waals surface area contributed by atoms with E-state index in [2.05, 4.69) is 0 Å². The topological polar surface area (TPSA) is 126 Å². The lowest BCUT2D eigenvalue weighted by Gasteiger charge is -2.34. The summed E-state index contributed by atoms with van der Waals surface area (Å²) in [5.41, 5.74) is 2.18. The first-order valence-corrected chi connectivity index (χ1v) is 12.8. The van der Waals surface area contributed by atoms with Gasteiger partial charge in [-0.3, -0.25) is 13.9 Å². The van der Waals surface area contributed by atoms with E-state index in [0.29, 0.717) is 54.6 Å². The van der Waals surface area contributed by atoms with Gasteiger partial charge < -0.3 is 23.7 Å². The number of ether oxygens (including phenoxy) is 3. The quantitative estimate of drug-likeness (QED) is 0.334. The van der Waals surface area contributed by atoms with Crippen molar-refractivity contribution >= 4 is 25.1 Å². The minimum Gasteiger partial charge on any atom is -0.486 e. The number of esters is 1. The molecule has 0 saturated carbocycles. The van der Waals surface area contributed by atoms with Gasteiger partial charge in [0.05, 0.1) is 29.0 Å². The van der Waals surface area contributed by atoms with Crippen LogP contribution in [0.3, 0.4) is 0 Å². The van der Waals surface area contributed by atoms with Gasteiger partial charge in [-0.05, 0) is 30.5 Å². The molecule has 0 saturated heterocycles. The third-order valence-corrected chi connectivity index (χ3v) is 7.58. The Kier molecular flexibility index (Phi) is 5.03. The SMILES string of the molecule is CCc1c2c(nc3cc4c(cc13)OCCO4)-c1cc3c(c(=O)n1C2)COC(=O)[C@@]3(CC)O[PH](=O)O. The minimum absolute atomic E-state index is 0.0282. The second-order valence-electron chi connectivity index (χ2n) is 8.72. The average molecular weight is 498 g/mol. The van der Waals surface area contributed by atoms with Crippen LogP contribution in [0.25, 0.3) is 22.3 Å². The summed E-state index contributed by atoms with van der Waals surface area (Å²) in [6, 6.07) is 5.47. The van der Waals surface area contributed by atoms with Gasteiger partial charge in [0.25, 0.3) is 5.56 Å². The number of cyclic esters (lactones) is 1. The monoisotopic (exact) mass is 498 g/mol. The Hall–Kier alpha value is -3.20. The van der Waals surface area contributed by atoms with E-state index in [1.807, 2.05) is 19.1 Å². The molecule has 3 aliphatic rings. The molecule has 0 fully saturated rings. The average Bonchev–Trinajstić information content (AvgIpc) is 3.21. The molecule has 3 aliphatic heterocycles. The molecule has 182 valence electrons. The second-order valence-corrected chi connectivity index (χ2v) is 9.46. The Morgan fingerprint density at radius 1 is 1.11 bits per heavy atom. The van der Waals surface area contributed by atoms with Crippen LogP contribution in [-0.4, -0.2) is 33.6 Å². The summed E-state index contributed by atoms with van der Waals surface area (Å²) < 4.78 is 35.3. The molecule has 0 aliphatic carbocycles. The molecule has 1 aromatic carbocycles. The number of benzene rings is 1. The van der Waals surface area contributed by atoms with Crippen molar-refractivity contribution in [3.63, 3.8) is 0 Å². The molecule has 1 unspecified atom stereocenters. The molecule has 0 amide bonds. The molecule has 0 spiro atoms. The molecule has 1 N–H and O–H groups in total. The smallest absolute Gasteiger partial charge is 0.344 e. The largest absolute Gasteiger partial charge is 0.486 e. The van der Waals surface area contributed by atoms with Gasteiger partial charge in [0.15, 0.2) is 17.1 Å². The first kappa shape index (κ1) is 22.3. The van der Waals surface area contributed by atoms with Crippen LogP contribution < -0.4 is 15.0 Å². The standard InChI is InChI=1S/C24H23N2O8P/c1-3-12-13-7-19-20(32-6-5-31-19)9-17(13)25-21-14(12)10-26-18(21)8-16-15(22(26)27)11-33-23(28)24(16,4-2)34-35(29)30/h7-9,35H,3-6,10-11H2,1-2H3,(H,29,30)/t24-/m0/s1. The van der Waals surface area contributed by atoms with Crippen LogP contribution in [0.5, 0.6) is 11.5 Å². The lowest BCUT2D eigenvalue weighted by molar-refractivity contribution is -0.169. The lowest BCUT2D eigenvalue weighted by Crippen LogP contribution is -2.45. The van der Waals surface area contributed by atoms with E-state index < -0.39 is 19.8 Å². The Bertz CT molecular complexity index is 1510. The second kappa shape index (κ2) is 7.91. The Balaban J connectivity index is 1.62. The van der Waals surface area contributed by atoms with Gasteiger partial charge in [-0.25, -0.2) is 9.78 Å². The van der Waals surface area contributed by atoms with E-state index >= 15 is 0 Å². The molecular formula is C24H23N2O8P. The third kappa shape index (κ3) is 3.10. The first-order valence-electron chi connectivity index (χ1n) is 11.5. The molecule has 6 rings (SSSR count). The van der Waals surface area contributed by atoms with Crippen LogP contribution in [0, 0.1) is 0 Å². The highest BCUT2D eigenvalue weighted by molar-refractivity contribution is 7.32. The zero-order valence-electron chi connectivity index (χ0n) is 19.2. The molecule has 35 heavy (non-hydrogen) atoms. The van der Waals surface area contributed by atoms with E-state index in [4.69, 9.17) is 23.7 Å². The minimum atomic E-state index is -3.51. The highest BCUT2D eigenvalue weighted by Gasteiger charge is 2.49. The number of aryl methyl sites for hydroxylation is 1. The highest BCUT2D eigenvalue weighted by Crippen LogP contribution is 2.46. The summed E-state index contributed by atoms with van der Waals surface area (Å²) in [7, 11) is -3.51. The zero-order chi connectivity index (χ0) is 24.5. The predicted octanol–water partition coefficient (Wildman–Crippen LogP) is 2.82. The van der Waals surface area contributed by atoms with Gasteiger partial charge in [-0.1, -0.05) is 13.8 Å². The summed E-state index contributed by atoms with van der Waals surface area (Å²) >= 11 is 0. The van der Waals surface area contributed by atoms with E-state index in [-0.39, 0.29) is 29.7 Å². The number of hydrogen-bond donors (Lipinski definition) is 1. The Morgan fingerprint density at radius 2 is 1.86 bits per heavy atom. The van der Waals surface area contributed by atoms with Gasteiger partial charge in [0.2, 0.25) is 0 Å². The number of fused-ring (bicyclic) bond motifs is 6. The van der Waals surface area contributed by atoms with Gasteiger partial charge in [-0.2, -0.15) is 0 Å². The van der Waals surface area contributed by atoms with Gasteiger partial charge in [0.1, 0.15) is 19.8 Å². The van der Waals surface area contributed by atoms with Crippen LogP contribution >= 0.6 is 8.25 Å². The number of pyridine rings is 2. The van der Waals surface area contributed by atoms with Crippen molar-refractivity contribution in [1.29, 1.82) is 0 Å². The lowest BCUT2D eigenvalue weighted by atomic mass is 9.86. The number of nitrogens with zero attached hydrogens (tertiary/aromatic N) is 2. The maximum atomic E-state index is 13.6. The zero-order valence-corrected chi connectivity index (χ0v) is 20.2. The maximum Gasteiger partial charge on any atom is 0.344 e. The number of aromatic nitrogens is 2. The van der Waals surface area contributed by atoms with Crippen LogP contribution in [0.15, 0.2) is 23.0 Å². The van der Waals surface area contributed by atoms with Gasteiger partial charge in [0, 0.05) is 22.6 Å². The predicted molar refractivity (Wildman–Crippen MR) is 125 cm³/mol. The molecule has 0 bridgehead atoms. The van der Waals surface area contributed by atoms with Gasteiger partial charge >= 0.3 is 14.2 Å². The molecule has 3 aromatic rings. The molecule has 5 heterocycles. The van der Waals surface area contributed by atoms with E-state index in [9.17, 15) is 19.0 Å². The summed E-state index contributed by atoms with van der Waals surface area (Å²) in [4.78, 5) is 40.8. The van der Waals surface area contributed by atoms with Crippen molar-refractivity contribution < 1.29 is 33.0 Å². The Labute approximate surface area is 200 Å². The number of rotatable bonds is 4. The fourth-order valence-electron chi connectivity index (χ4n) is 5.41. The van der Waals surface area contributed by atoms with E-state index in [0.717, 1.165) is 16.5 Å².